The van der Waals surface area contributed by atoms with Crippen molar-refractivity contribution in [1.82, 2.24) is 0 Å². The van der Waals surface area contributed by atoms with Crippen molar-refractivity contribution in [3.8, 4) is 0 Å². The lowest BCUT2D eigenvalue weighted by Gasteiger charge is -2.20. The van der Waals surface area contributed by atoms with Crippen molar-refractivity contribution in [3.63, 3.8) is 0 Å². The van der Waals surface area contributed by atoms with Gasteiger partial charge in [-0.2, -0.15) is 0 Å². The van der Waals surface area contributed by atoms with Crippen molar-refractivity contribution in [2.75, 3.05) is 0 Å². The van der Waals surface area contributed by atoms with Crippen molar-refractivity contribution in [2.24, 2.45) is 0 Å². The lowest BCUT2D eigenvalue weighted by Crippen LogP contribution is -2.16. The number of aliphatic hydroxyl groups excluding tert-OH is 1. The molecule has 0 aliphatic heterocycles. The van der Waals surface area contributed by atoms with Gasteiger partial charge in [-0.25, -0.2) is 0 Å². The Labute approximate surface area is 126 Å². The maximum atomic E-state index is 10.3. The maximum Gasteiger partial charge on any atom is 0.0814 e. The van der Waals surface area contributed by atoms with Gasteiger partial charge in [0.1, 0.15) is 0 Å². The monoisotopic (exact) mass is 282 g/mol. The predicted molar refractivity (Wildman–Crippen MR) is 85.9 cm³/mol. The first kappa shape index (κ1) is 15.5. The molecule has 21 heavy (non-hydrogen) atoms. The van der Waals surface area contributed by atoms with Gasteiger partial charge in [0.05, 0.1) is 18.8 Å². The average molecular weight is 282 g/mol. The second-order valence-electron chi connectivity index (χ2n) is 5.11. The van der Waals surface area contributed by atoms with Gasteiger partial charge in [-0.15, -0.1) is 6.58 Å². The number of rotatable bonds is 8. The normalized spacial score (nSPS) is 13.6. The van der Waals surface area contributed by atoms with Gasteiger partial charge < -0.3 is 9.84 Å². The molecule has 0 radical (unpaired) electrons. The third-order valence-electron chi connectivity index (χ3n) is 3.43. The fourth-order valence-electron chi connectivity index (χ4n) is 2.27. The second-order valence-corrected chi connectivity index (χ2v) is 5.11. The summed E-state index contributed by atoms with van der Waals surface area (Å²) >= 11 is 0. The minimum atomic E-state index is -0.507. The zero-order chi connectivity index (χ0) is 14.9. The minimum absolute atomic E-state index is 0.0297. The third kappa shape index (κ3) is 5.18. The molecule has 0 bridgehead atoms. The molecule has 110 valence electrons. The molecule has 0 unspecified atom stereocenters. The van der Waals surface area contributed by atoms with Gasteiger partial charge in [-0.05, 0) is 17.5 Å². The molecule has 0 spiro atoms. The van der Waals surface area contributed by atoms with Crippen LogP contribution in [0, 0.1) is 0 Å². The van der Waals surface area contributed by atoms with Crippen LogP contribution in [0.5, 0.6) is 0 Å². The fourth-order valence-corrected chi connectivity index (χ4v) is 2.27. The number of aliphatic hydroxyl groups is 1. The zero-order valence-corrected chi connectivity index (χ0v) is 12.2. The van der Waals surface area contributed by atoms with E-state index in [2.05, 4.69) is 6.58 Å². The molecule has 0 heterocycles. The molecule has 0 fully saturated rings. The van der Waals surface area contributed by atoms with Crippen LogP contribution in [0.1, 0.15) is 30.1 Å². The van der Waals surface area contributed by atoms with E-state index in [4.69, 9.17) is 4.74 Å². The standard InChI is InChI=1S/C19H22O2/c1-2-9-18(21-15-16-10-5-3-6-11-16)14-19(20)17-12-7-4-8-13-17/h2-8,10-13,18-20H,1,9,14-15H2/t18-,19-/m1/s1. The summed E-state index contributed by atoms with van der Waals surface area (Å²) in [5.74, 6) is 0. The maximum absolute atomic E-state index is 10.3. The highest BCUT2D eigenvalue weighted by atomic mass is 16.5. The van der Waals surface area contributed by atoms with E-state index in [0.29, 0.717) is 13.0 Å². The molecule has 2 aromatic rings. The van der Waals surface area contributed by atoms with E-state index in [-0.39, 0.29) is 6.10 Å². The van der Waals surface area contributed by atoms with Crippen LogP contribution in [0.25, 0.3) is 0 Å². The van der Waals surface area contributed by atoms with Gasteiger partial charge in [-0.1, -0.05) is 66.7 Å². The van der Waals surface area contributed by atoms with E-state index in [1.54, 1.807) is 0 Å². The third-order valence-corrected chi connectivity index (χ3v) is 3.43. The van der Waals surface area contributed by atoms with Crippen LogP contribution in [0.15, 0.2) is 73.3 Å². The lowest BCUT2D eigenvalue weighted by molar-refractivity contribution is 0.00525. The van der Waals surface area contributed by atoms with Gasteiger partial charge in [0.2, 0.25) is 0 Å². The van der Waals surface area contributed by atoms with Crippen LogP contribution >= 0.6 is 0 Å². The molecular weight excluding hydrogens is 260 g/mol. The topological polar surface area (TPSA) is 29.5 Å². The summed E-state index contributed by atoms with van der Waals surface area (Å²) in [7, 11) is 0. The number of hydrogen-bond donors (Lipinski definition) is 1. The minimum Gasteiger partial charge on any atom is -0.388 e. The Morgan fingerprint density at radius 1 is 1.00 bits per heavy atom. The molecular formula is C19H22O2. The number of hydrogen-bond acceptors (Lipinski definition) is 2. The molecule has 0 aliphatic rings. The smallest absolute Gasteiger partial charge is 0.0814 e. The first-order chi connectivity index (χ1) is 10.3. The Morgan fingerprint density at radius 3 is 2.24 bits per heavy atom. The number of ether oxygens (including phenoxy) is 1. The van der Waals surface area contributed by atoms with Gasteiger partial charge >= 0.3 is 0 Å². The van der Waals surface area contributed by atoms with Gasteiger partial charge in [0, 0.05) is 6.42 Å². The summed E-state index contributed by atoms with van der Waals surface area (Å²) in [6.07, 6.45) is 2.61. The summed E-state index contributed by atoms with van der Waals surface area (Å²) in [6.45, 7) is 4.33. The summed E-state index contributed by atoms with van der Waals surface area (Å²) < 4.78 is 5.93. The summed E-state index contributed by atoms with van der Waals surface area (Å²) in [5, 5.41) is 10.3. The van der Waals surface area contributed by atoms with Crippen molar-refractivity contribution >= 4 is 0 Å². The van der Waals surface area contributed by atoms with Gasteiger partial charge in [0.15, 0.2) is 0 Å². The van der Waals surface area contributed by atoms with Crippen LogP contribution in [0.4, 0.5) is 0 Å². The molecule has 0 amide bonds. The van der Waals surface area contributed by atoms with E-state index >= 15 is 0 Å². The Morgan fingerprint density at radius 2 is 1.62 bits per heavy atom. The lowest BCUT2D eigenvalue weighted by atomic mass is 10.0. The molecule has 0 saturated carbocycles. The fraction of sp³-hybridized carbons (Fsp3) is 0.263. The van der Waals surface area contributed by atoms with Gasteiger partial charge in [-0.3, -0.25) is 0 Å². The van der Waals surface area contributed by atoms with E-state index in [1.165, 1.54) is 0 Å². The Bertz CT molecular complexity index is 522. The Kier molecular flexibility index (Phi) is 6.20. The van der Waals surface area contributed by atoms with E-state index < -0.39 is 6.10 Å². The summed E-state index contributed by atoms with van der Waals surface area (Å²) in [6, 6.07) is 19.8. The highest BCUT2D eigenvalue weighted by Gasteiger charge is 2.15. The molecule has 2 heteroatoms. The molecule has 0 saturated heterocycles. The van der Waals surface area contributed by atoms with E-state index in [1.807, 2.05) is 66.7 Å². The van der Waals surface area contributed by atoms with E-state index in [9.17, 15) is 5.11 Å². The van der Waals surface area contributed by atoms with Crippen molar-refractivity contribution < 1.29 is 9.84 Å². The highest BCUT2D eigenvalue weighted by Crippen LogP contribution is 2.21. The van der Waals surface area contributed by atoms with Crippen LogP contribution in [-0.2, 0) is 11.3 Å². The van der Waals surface area contributed by atoms with Crippen LogP contribution in [0.2, 0.25) is 0 Å². The van der Waals surface area contributed by atoms with Crippen LogP contribution in [0.3, 0.4) is 0 Å². The molecule has 0 aliphatic carbocycles. The first-order valence-corrected chi connectivity index (χ1v) is 7.29. The van der Waals surface area contributed by atoms with Crippen molar-refractivity contribution in [1.29, 1.82) is 0 Å². The molecule has 2 nitrogen and oxygen atoms in total. The molecule has 2 rings (SSSR count). The Hall–Kier alpha value is -1.90. The predicted octanol–water partition coefficient (Wildman–Crippen LogP) is 4.27. The second kappa shape index (κ2) is 8.40. The summed E-state index contributed by atoms with van der Waals surface area (Å²) in [4.78, 5) is 0. The SMILES string of the molecule is C=CC[C@H](C[C@@H](O)c1ccccc1)OCc1ccccc1. The highest BCUT2D eigenvalue weighted by molar-refractivity contribution is 5.17. The number of benzene rings is 2. The average Bonchev–Trinajstić information content (AvgIpc) is 2.54. The molecule has 2 atom stereocenters. The molecule has 2 aromatic carbocycles. The van der Waals surface area contributed by atoms with Crippen LogP contribution in [-0.4, -0.2) is 11.2 Å². The largest absolute Gasteiger partial charge is 0.388 e. The first-order valence-electron chi connectivity index (χ1n) is 7.29. The molecule has 1 N–H and O–H groups in total. The van der Waals surface area contributed by atoms with Gasteiger partial charge in [0.25, 0.3) is 0 Å². The van der Waals surface area contributed by atoms with E-state index in [0.717, 1.165) is 17.5 Å². The zero-order valence-electron chi connectivity index (χ0n) is 12.2. The van der Waals surface area contributed by atoms with Crippen LogP contribution < -0.4 is 0 Å². The summed E-state index contributed by atoms with van der Waals surface area (Å²) in [5.41, 5.74) is 2.07. The quantitative estimate of drug-likeness (QED) is 0.733. The van der Waals surface area contributed by atoms with Crippen molar-refractivity contribution in [3.05, 3.63) is 84.4 Å². The Balaban J connectivity index is 1.91. The molecule has 0 aromatic heterocycles. The van der Waals surface area contributed by atoms with Crippen molar-refractivity contribution in [2.45, 2.75) is 31.7 Å².